The van der Waals surface area contributed by atoms with Crippen LogP contribution in [-0.2, 0) is 24.1 Å². The zero-order valence-corrected chi connectivity index (χ0v) is 8.44. The molecular formula is C5H8N2O7S. The fourth-order valence-corrected chi connectivity index (χ4v) is 1.24. The van der Waals surface area contributed by atoms with Crippen LogP contribution in [-0.4, -0.2) is 38.2 Å². The van der Waals surface area contributed by atoms with Gasteiger partial charge in [-0.05, 0) is 0 Å². The molecule has 0 bridgehead atoms. The lowest BCUT2D eigenvalue weighted by molar-refractivity contribution is -0.466. The summed E-state index contributed by atoms with van der Waals surface area (Å²) in [6.07, 6.45) is 0. The van der Waals surface area contributed by atoms with E-state index in [4.69, 9.17) is 0 Å². The Kier molecular flexibility index (Phi) is 4.81. The van der Waals surface area contributed by atoms with Crippen molar-refractivity contribution in [2.45, 2.75) is 6.92 Å². The summed E-state index contributed by atoms with van der Waals surface area (Å²) in [6, 6.07) is 0. The van der Waals surface area contributed by atoms with Gasteiger partial charge >= 0.3 is 22.1 Å². The topological polar surface area (TPSA) is 133 Å². The molecule has 0 aliphatic heterocycles. The average molecular weight is 240 g/mol. The Bertz CT molecular complexity index is 373. The van der Waals surface area contributed by atoms with Crippen LogP contribution in [0.25, 0.3) is 0 Å². The number of ketones is 1. The molecule has 0 saturated heterocycles. The van der Waals surface area contributed by atoms with Crippen LogP contribution in [0.15, 0.2) is 0 Å². The predicted octanol–water partition coefficient (Wildman–Crippen LogP) is -1.77. The van der Waals surface area contributed by atoms with Crippen LogP contribution in [0.5, 0.6) is 0 Å². The molecule has 0 fully saturated rings. The molecule has 0 amide bonds. The van der Waals surface area contributed by atoms with E-state index in [0.29, 0.717) is 0 Å². The second kappa shape index (κ2) is 5.36. The number of nitrogens with zero attached hydrogens (tertiary/aromatic N) is 1. The second-order valence-corrected chi connectivity index (χ2v) is 3.60. The van der Waals surface area contributed by atoms with Crippen molar-refractivity contribution in [3.63, 3.8) is 0 Å². The minimum Gasteiger partial charge on any atom is -0.327 e. The quantitative estimate of drug-likeness (QED) is 0.330. The van der Waals surface area contributed by atoms with Crippen molar-refractivity contribution in [3.05, 3.63) is 10.1 Å². The van der Waals surface area contributed by atoms with E-state index in [0.717, 1.165) is 0 Å². The smallest absolute Gasteiger partial charge is 0.327 e. The summed E-state index contributed by atoms with van der Waals surface area (Å²) in [7, 11) is -4.35. The Labute approximate surface area is 84.8 Å². The van der Waals surface area contributed by atoms with Gasteiger partial charge in [0, 0.05) is 11.5 Å². The van der Waals surface area contributed by atoms with Gasteiger partial charge in [0.25, 0.3) is 6.54 Å². The maximum absolute atomic E-state index is 10.8. The van der Waals surface area contributed by atoms with E-state index in [1.807, 2.05) is 0 Å². The van der Waals surface area contributed by atoms with Crippen LogP contribution in [0.1, 0.15) is 6.92 Å². The monoisotopic (exact) mass is 240 g/mol. The Morgan fingerprint density at radius 3 is 2.40 bits per heavy atom. The van der Waals surface area contributed by atoms with E-state index in [2.05, 4.69) is 4.18 Å². The van der Waals surface area contributed by atoms with Gasteiger partial charge in [-0.1, -0.05) is 6.92 Å². The summed E-state index contributed by atoms with van der Waals surface area (Å²) in [5.74, 6) is -3.32. The van der Waals surface area contributed by atoms with Crippen molar-refractivity contribution >= 4 is 22.1 Å². The van der Waals surface area contributed by atoms with E-state index in [-0.39, 0.29) is 6.54 Å². The molecule has 0 radical (unpaired) electrons. The SMILES string of the molecule is CCNS(=O)(=O)OC(=O)C(=O)C[N+](=O)[O-]. The lowest BCUT2D eigenvalue weighted by Gasteiger charge is -2.02. The van der Waals surface area contributed by atoms with Crippen LogP contribution in [0.3, 0.4) is 0 Å². The number of hydrogen-bond donors (Lipinski definition) is 1. The van der Waals surface area contributed by atoms with Gasteiger partial charge in [-0.15, -0.1) is 0 Å². The van der Waals surface area contributed by atoms with E-state index < -0.39 is 33.5 Å². The van der Waals surface area contributed by atoms with E-state index in [9.17, 15) is 28.1 Å². The number of carbonyl (C=O) groups excluding carboxylic acids is 2. The fourth-order valence-electron chi connectivity index (χ4n) is 0.534. The third kappa shape index (κ3) is 5.70. The molecule has 0 saturated carbocycles. The third-order valence-electron chi connectivity index (χ3n) is 1.01. The first-order valence-corrected chi connectivity index (χ1v) is 5.07. The van der Waals surface area contributed by atoms with E-state index >= 15 is 0 Å². The van der Waals surface area contributed by atoms with Crippen molar-refractivity contribution < 1.29 is 27.1 Å². The highest BCUT2D eigenvalue weighted by atomic mass is 32.2. The summed E-state index contributed by atoms with van der Waals surface area (Å²) in [4.78, 5) is 30.1. The maximum atomic E-state index is 10.8. The number of rotatable bonds is 6. The Balaban J connectivity index is 4.38. The number of nitrogens with one attached hydrogen (secondary N) is 1. The standard InChI is InChI=1S/C5H8N2O7S/c1-2-6-15(12,13)14-5(9)4(8)3-7(10)11/h6H,2-3H2,1H3. The highest BCUT2D eigenvalue weighted by Crippen LogP contribution is 1.90. The lowest BCUT2D eigenvalue weighted by Crippen LogP contribution is -2.33. The largest absolute Gasteiger partial charge is 0.398 e. The van der Waals surface area contributed by atoms with E-state index in [1.54, 1.807) is 4.72 Å². The van der Waals surface area contributed by atoms with Crippen molar-refractivity contribution in [1.82, 2.24) is 4.72 Å². The number of carbonyl (C=O) groups is 2. The zero-order valence-electron chi connectivity index (χ0n) is 7.63. The van der Waals surface area contributed by atoms with Gasteiger partial charge in [0.15, 0.2) is 0 Å². The first-order valence-electron chi connectivity index (χ1n) is 3.66. The van der Waals surface area contributed by atoms with Gasteiger partial charge < -0.3 is 4.18 Å². The molecule has 15 heavy (non-hydrogen) atoms. The first kappa shape index (κ1) is 13.4. The number of nitro groups is 1. The van der Waals surface area contributed by atoms with E-state index in [1.165, 1.54) is 6.92 Å². The summed E-state index contributed by atoms with van der Waals surface area (Å²) in [5.41, 5.74) is 0. The molecular weight excluding hydrogens is 232 g/mol. The minimum absolute atomic E-state index is 0.0426. The number of hydrogen-bond acceptors (Lipinski definition) is 7. The highest BCUT2D eigenvalue weighted by Gasteiger charge is 2.26. The minimum atomic E-state index is -4.35. The lowest BCUT2D eigenvalue weighted by atomic mass is 10.4. The normalized spacial score (nSPS) is 10.7. The van der Waals surface area contributed by atoms with Crippen LogP contribution in [0, 0.1) is 10.1 Å². The number of Topliss-reactive ketones (excluding diaryl/α,β-unsaturated/α-hetero) is 1. The van der Waals surface area contributed by atoms with Crippen LogP contribution < -0.4 is 4.72 Å². The molecule has 0 aromatic carbocycles. The predicted molar refractivity (Wildman–Crippen MR) is 45.6 cm³/mol. The van der Waals surface area contributed by atoms with Crippen LogP contribution in [0.2, 0.25) is 0 Å². The molecule has 0 atom stereocenters. The molecule has 0 aromatic heterocycles. The molecule has 10 heteroatoms. The van der Waals surface area contributed by atoms with Crippen LogP contribution >= 0.6 is 0 Å². The summed E-state index contributed by atoms with van der Waals surface area (Å²) in [5, 5.41) is 9.82. The molecule has 86 valence electrons. The van der Waals surface area contributed by atoms with Crippen LogP contribution in [0.4, 0.5) is 0 Å². The molecule has 0 aliphatic carbocycles. The molecule has 0 rings (SSSR count). The Morgan fingerprint density at radius 1 is 1.47 bits per heavy atom. The molecule has 1 N–H and O–H groups in total. The van der Waals surface area contributed by atoms with Gasteiger partial charge in [0.2, 0.25) is 0 Å². The van der Waals surface area contributed by atoms with Crippen molar-refractivity contribution in [2.75, 3.05) is 13.1 Å². The zero-order chi connectivity index (χ0) is 12.1. The first-order chi connectivity index (χ1) is 6.78. The van der Waals surface area contributed by atoms with Gasteiger partial charge in [-0.25, -0.2) is 4.79 Å². The third-order valence-corrected chi connectivity index (χ3v) is 2.02. The Hall–Kier alpha value is -1.55. The molecule has 0 unspecified atom stereocenters. The maximum Gasteiger partial charge on any atom is 0.398 e. The van der Waals surface area contributed by atoms with Gasteiger partial charge in [-0.3, -0.25) is 14.9 Å². The van der Waals surface area contributed by atoms with Crippen molar-refractivity contribution in [2.24, 2.45) is 0 Å². The average Bonchev–Trinajstić information content (AvgIpc) is 2.01. The van der Waals surface area contributed by atoms with Gasteiger partial charge in [0.1, 0.15) is 0 Å². The molecule has 0 aliphatic rings. The second-order valence-electron chi connectivity index (χ2n) is 2.24. The molecule has 0 heterocycles. The summed E-state index contributed by atoms with van der Waals surface area (Å²) >= 11 is 0. The van der Waals surface area contributed by atoms with Crippen molar-refractivity contribution in [3.8, 4) is 0 Å². The van der Waals surface area contributed by atoms with Crippen molar-refractivity contribution in [1.29, 1.82) is 0 Å². The molecule has 0 spiro atoms. The molecule has 9 nitrogen and oxygen atoms in total. The Morgan fingerprint density at radius 2 is 2.00 bits per heavy atom. The van der Waals surface area contributed by atoms with Gasteiger partial charge in [0.05, 0.1) is 0 Å². The highest BCUT2D eigenvalue weighted by molar-refractivity contribution is 7.85. The van der Waals surface area contributed by atoms with Gasteiger partial charge in [-0.2, -0.15) is 13.1 Å². The summed E-state index contributed by atoms with van der Waals surface area (Å²) < 4.78 is 27.0. The molecule has 0 aromatic rings. The fraction of sp³-hybridized carbons (Fsp3) is 0.600. The summed E-state index contributed by atoms with van der Waals surface area (Å²) in [6.45, 7) is 0.0732.